The van der Waals surface area contributed by atoms with E-state index in [4.69, 9.17) is 4.74 Å². The molecule has 21 heavy (non-hydrogen) atoms. The Bertz CT molecular complexity index is 655. The number of ether oxygens (including phenoxy) is 1. The minimum atomic E-state index is -0.100. The van der Waals surface area contributed by atoms with Gasteiger partial charge in [-0.15, -0.1) is 11.3 Å². The molecule has 5 nitrogen and oxygen atoms in total. The third-order valence-electron chi connectivity index (χ3n) is 4.00. The summed E-state index contributed by atoms with van der Waals surface area (Å²) in [6, 6.07) is 2.32. The van der Waals surface area contributed by atoms with E-state index >= 15 is 0 Å². The second-order valence-electron chi connectivity index (χ2n) is 5.36. The minimum Gasteiger partial charge on any atom is -0.469 e. The van der Waals surface area contributed by atoms with Gasteiger partial charge in [0.1, 0.15) is 16.5 Å². The van der Waals surface area contributed by atoms with Gasteiger partial charge in [-0.3, -0.25) is 4.79 Å². The smallest absolute Gasteiger partial charge is 0.308 e. The van der Waals surface area contributed by atoms with Gasteiger partial charge in [0.25, 0.3) is 0 Å². The van der Waals surface area contributed by atoms with E-state index in [2.05, 4.69) is 28.3 Å². The van der Waals surface area contributed by atoms with Gasteiger partial charge in [-0.05, 0) is 30.7 Å². The van der Waals surface area contributed by atoms with Crippen molar-refractivity contribution >= 4 is 33.3 Å². The van der Waals surface area contributed by atoms with Crippen LogP contribution in [0.4, 0.5) is 5.82 Å². The second-order valence-corrected chi connectivity index (χ2v) is 6.25. The Hall–Kier alpha value is -1.69. The van der Waals surface area contributed by atoms with Crippen molar-refractivity contribution in [3.05, 3.63) is 17.3 Å². The van der Waals surface area contributed by atoms with Gasteiger partial charge in [-0.25, -0.2) is 9.97 Å². The van der Waals surface area contributed by atoms with Crippen molar-refractivity contribution in [3.63, 3.8) is 0 Å². The number of nitrogens with one attached hydrogen (secondary N) is 1. The number of carbonyl (C=O) groups is 1. The average Bonchev–Trinajstić information content (AvgIpc) is 3.15. The highest BCUT2D eigenvalue weighted by Gasteiger charge is 2.31. The highest BCUT2D eigenvalue weighted by atomic mass is 32.1. The average molecular weight is 305 g/mol. The number of carbonyl (C=O) groups excluding carboxylic acids is 1. The van der Waals surface area contributed by atoms with Crippen LogP contribution in [0.5, 0.6) is 0 Å². The summed E-state index contributed by atoms with van der Waals surface area (Å²) in [5, 5.41) is 6.61. The molecule has 1 N–H and O–H groups in total. The number of aryl methyl sites for hydroxylation is 1. The van der Waals surface area contributed by atoms with Crippen LogP contribution in [0, 0.1) is 5.92 Å². The summed E-state index contributed by atoms with van der Waals surface area (Å²) < 4.78 is 4.84. The van der Waals surface area contributed by atoms with Crippen molar-refractivity contribution in [2.75, 3.05) is 12.4 Å². The van der Waals surface area contributed by atoms with Crippen LogP contribution in [0.15, 0.2) is 11.4 Å². The van der Waals surface area contributed by atoms with Crippen LogP contribution < -0.4 is 5.32 Å². The highest BCUT2D eigenvalue weighted by molar-refractivity contribution is 7.16. The van der Waals surface area contributed by atoms with Crippen molar-refractivity contribution in [3.8, 4) is 0 Å². The highest BCUT2D eigenvalue weighted by Crippen LogP contribution is 2.31. The van der Waals surface area contributed by atoms with E-state index in [-0.39, 0.29) is 17.9 Å². The number of rotatable bonds is 4. The quantitative estimate of drug-likeness (QED) is 0.880. The molecule has 0 aromatic carbocycles. The Morgan fingerprint density at radius 2 is 2.33 bits per heavy atom. The molecule has 0 saturated heterocycles. The van der Waals surface area contributed by atoms with Crippen molar-refractivity contribution < 1.29 is 9.53 Å². The predicted molar refractivity (Wildman–Crippen MR) is 83.6 cm³/mol. The first-order valence-corrected chi connectivity index (χ1v) is 8.17. The normalized spacial score (nSPS) is 21.6. The molecule has 6 heteroatoms. The molecule has 0 radical (unpaired) electrons. The molecule has 2 aromatic heterocycles. The minimum absolute atomic E-state index is 0.0120. The van der Waals surface area contributed by atoms with Gasteiger partial charge >= 0.3 is 5.97 Å². The first-order chi connectivity index (χ1) is 10.2. The number of thiophene rings is 1. The Morgan fingerprint density at radius 1 is 1.48 bits per heavy atom. The molecule has 0 unspecified atom stereocenters. The van der Waals surface area contributed by atoms with Gasteiger partial charge in [-0.1, -0.05) is 6.92 Å². The number of aromatic nitrogens is 2. The summed E-state index contributed by atoms with van der Waals surface area (Å²) in [5.74, 6) is 1.67. The zero-order valence-electron chi connectivity index (χ0n) is 12.3. The topological polar surface area (TPSA) is 64.1 Å². The van der Waals surface area contributed by atoms with Gasteiger partial charge in [0.05, 0.1) is 18.4 Å². The molecule has 1 fully saturated rings. The monoisotopic (exact) mass is 305 g/mol. The summed E-state index contributed by atoms with van der Waals surface area (Å²) >= 11 is 1.63. The summed E-state index contributed by atoms with van der Waals surface area (Å²) in [4.78, 5) is 21.8. The fourth-order valence-corrected chi connectivity index (χ4v) is 3.64. The number of hydrogen-bond donors (Lipinski definition) is 1. The molecule has 2 atom stereocenters. The zero-order chi connectivity index (χ0) is 14.8. The Labute approximate surface area is 127 Å². The maximum atomic E-state index is 11.6. The van der Waals surface area contributed by atoms with Crippen LogP contribution in [0.3, 0.4) is 0 Å². The van der Waals surface area contributed by atoms with Crippen LogP contribution in [-0.4, -0.2) is 29.1 Å². The number of fused-ring (bicyclic) bond motifs is 1. The van der Waals surface area contributed by atoms with Crippen molar-refractivity contribution in [1.29, 1.82) is 0 Å². The fraction of sp³-hybridized carbons (Fsp3) is 0.533. The van der Waals surface area contributed by atoms with Crippen molar-refractivity contribution in [2.45, 2.75) is 38.6 Å². The Morgan fingerprint density at radius 3 is 3.10 bits per heavy atom. The van der Waals surface area contributed by atoms with Gasteiger partial charge in [-0.2, -0.15) is 0 Å². The first-order valence-electron chi connectivity index (χ1n) is 7.29. The maximum absolute atomic E-state index is 11.6. The van der Waals surface area contributed by atoms with Crippen molar-refractivity contribution in [2.24, 2.45) is 5.92 Å². The summed E-state index contributed by atoms with van der Waals surface area (Å²) in [5.41, 5.74) is 0. The lowest BCUT2D eigenvalue weighted by atomic mass is 10.1. The van der Waals surface area contributed by atoms with Crippen LogP contribution in [-0.2, 0) is 16.0 Å². The van der Waals surface area contributed by atoms with E-state index in [1.54, 1.807) is 11.3 Å². The molecular weight excluding hydrogens is 286 g/mol. The lowest BCUT2D eigenvalue weighted by Crippen LogP contribution is -2.20. The van der Waals surface area contributed by atoms with Crippen LogP contribution in [0.1, 0.15) is 32.0 Å². The summed E-state index contributed by atoms with van der Waals surface area (Å²) in [6.07, 6.45) is 3.47. The third kappa shape index (κ3) is 2.85. The second kappa shape index (κ2) is 5.97. The molecule has 0 amide bonds. The van der Waals surface area contributed by atoms with E-state index in [1.165, 1.54) is 7.11 Å². The molecule has 1 aliphatic carbocycles. The standard InChI is InChI=1S/C15H19N3O2S/c1-3-12-17-13(11-6-7-21-14(11)18-12)16-10-5-4-9(8-10)15(19)20-2/h6-7,9-10H,3-5,8H2,1-2H3,(H,16,17,18)/t9-,10+/m0/s1. The Kier molecular flexibility index (Phi) is 4.05. The van der Waals surface area contributed by atoms with E-state index in [0.29, 0.717) is 0 Å². The number of anilines is 1. The van der Waals surface area contributed by atoms with E-state index in [9.17, 15) is 4.79 Å². The molecule has 1 saturated carbocycles. The lowest BCUT2D eigenvalue weighted by molar-refractivity contribution is -0.145. The van der Waals surface area contributed by atoms with Crippen LogP contribution >= 0.6 is 11.3 Å². The lowest BCUT2D eigenvalue weighted by Gasteiger charge is -2.15. The SMILES string of the molecule is CCc1nc(N[C@@H]2CC[C@H](C(=O)OC)C2)c2ccsc2n1. The first kappa shape index (κ1) is 14.3. The molecule has 2 aromatic rings. The molecule has 1 aliphatic rings. The van der Waals surface area contributed by atoms with E-state index in [0.717, 1.165) is 47.5 Å². The molecule has 2 heterocycles. The van der Waals surface area contributed by atoms with Gasteiger partial charge in [0, 0.05) is 12.5 Å². The zero-order valence-corrected chi connectivity index (χ0v) is 13.1. The number of methoxy groups -OCH3 is 1. The molecule has 0 bridgehead atoms. The van der Waals surface area contributed by atoms with E-state index in [1.807, 2.05) is 5.38 Å². The molecule has 3 rings (SSSR count). The Balaban J connectivity index is 1.79. The van der Waals surface area contributed by atoms with Crippen molar-refractivity contribution in [1.82, 2.24) is 9.97 Å². The number of esters is 1. The fourth-order valence-electron chi connectivity index (χ4n) is 2.85. The summed E-state index contributed by atoms with van der Waals surface area (Å²) in [7, 11) is 1.45. The van der Waals surface area contributed by atoms with Gasteiger partial charge in [0.15, 0.2) is 0 Å². The summed E-state index contributed by atoms with van der Waals surface area (Å²) in [6.45, 7) is 2.06. The maximum Gasteiger partial charge on any atom is 0.308 e. The predicted octanol–water partition coefficient (Wildman–Crippen LogP) is 3.01. The van der Waals surface area contributed by atoms with E-state index < -0.39 is 0 Å². The van der Waals surface area contributed by atoms with Crippen LogP contribution in [0.25, 0.3) is 10.2 Å². The number of nitrogens with zero attached hydrogens (tertiary/aromatic N) is 2. The van der Waals surface area contributed by atoms with Gasteiger partial charge in [0.2, 0.25) is 0 Å². The van der Waals surface area contributed by atoms with Gasteiger partial charge < -0.3 is 10.1 Å². The molecule has 0 aliphatic heterocycles. The third-order valence-corrected chi connectivity index (χ3v) is 4.80. The number of hydrogen-bond acceptors (Lipinski definition) is 6. The largest absolute Gasteiger partial charge is 0.469 e. The van der Waals surface area contributed by atoms with Crippen LogP contribution in [0.2, 0.25) is 0 Å². The molecule has 112 valence electrons. The molecular formula is C15H19N3O2S. The molecule has 0 spiro atoms.